The van der Waals surface area contributed by atoms with E-state index in [0.29, 0.717) is 43.9 Å². The lowest BCUT2D eigenvalue weighted by Crippen LogP contribution is -2.37. The summed E-state index contributed by atoms with van der Waals surface area (Å²) in [6.45, 7) is 2.02. The molecule has 3 aromatic rings. The Morgan fingerprint density at radius 2 is 2.06 bits per heavy atom. The Labute approximate surface area is 190 Å². The van der Waals surface area contributed by atoms with E-state index in [-0.39, 0.29) is 5.92 Å². The molecule has 168 valence electrons. The van der Waals surface area contributed by atoms with Crippen molar-refractivity contribution in [2.75, 3.05) is 12.4 Å². The Bertz CT molecular complexity index is 1110. The number of nitrogens with zero attached hydrogens (tertiary/aromatic N) is 3. The van der Waals surface area contributed by atoms with Crippen LogP contribution in [-0.2, 0) is 11.2 Å². The zero-order valence-corrected chi connectivity index (χ0v) is 18.9. The van der Waals surface area contributed by atoms with Crippen LogP contribution in [0.25, 0.3) is 10.4 Å². The second-order valence-electron chi connectivity index (χ2n) is 8.27. The van der Waals surface area contributed by atoms with E-state index in [1.54, 1.807) is 30.7 Å². The standard InChI is InChI=1S/C23H26N4O4S/c1-14-9-16(11-17(10-14)26-22-24-8-5-19(27-22)31-2)18-13-25-20(32-18)12-23(30)6-3-15(4-7-23)21(28)29/h5,8-11,13,15,30H,3-4,6-7,12H2,1-2H3,(H,28,29)(H,24,26,27). The Kier molecular flexibility index (Phi) is 6.38. The second-order valence-corrected chi connectivity index (χ2v) is 9.38. The summed E-state index contributed by atoms with van der Waals surface area (Å²) >= 11 is 1.55. The molecule has 3 N–H and O–H groups in total. The van der Waals surface area contributed by atoms with Gasteiger partial charge in [0.05, 0.1) is 28.5 Å². The molecule has 4 rings (SSSR count). The summed E-state index contributed by atoms with van der Waals surface area (Å²) in [5.74, 6) is -0.191. The number of thiazole rings is 1. The number of rotatable bonds is 7. The van der Waals surface area contributed by atoms with Gasteiger partial charge in [-0.3, -0.25) is 4.79 Å². The van der Waals surface area contributed by atoms with Crippen LogP contribution in [0.4, 0.5) is 11.6 Å². The lowest BCUT2D eigenvalue weighted by atomic mass is 9.77. The summed E-state index contributed by atoms with van der Waals surface area (Å²) in [6.07, 6.45) is 5.88. The average molecular weight is 455 g/mol. The number of carboxylic acid groups (broad SMARTS) is 1. The molecule has 32 heavy (non-hydrogen) atoms. The number of hydrogen-bond donors (Lipinski definition) is 3. The quantitative estimate of drug-likeness (QED) is 0.486. The van der Waals surface area contributed by atoms with Gasteiger partial charge in [0.15, 0.2) is 0 Å². The van der Waals surface area contributed by atoms with Crippen molar-refractivity contribution in [3.8, 4) is 16.3 Å². The molecule has 0 radical (unpaired) electrons. The molecular formula is C23H26N4O4S. The van der Waals surface area contributed by atoms with Crippen molar-refractivity contribution in [3.63, 3.8) is 0 Å². The highest BCUT2D eigenvalue weighted by atomic mass is 32.1. The first-order valence-electron chi connectivity index (χ1n) is 10.5. The number of nitrogens with one attached hydrogen (secondary N) is 1. The van der Waals surface area contributed by atoms with E-state index in [9.17, 15) is 15.0 Å². The molecule has 1 aromatic carbocycles. The van der Waals surface area contributed by atoms with Gasteiger partial charge in [0.2, 0.25) is 11.8 Å². The molecule has 1 fully saturated rings. The first-order chi connectivity index (χ1) is 15.3. The van der Waals surface area contributed by atoms with Gasteiger partial charge in [-0.15, -0.1) is 11.3 Å². The summed E-state index contributed by atoms with van der Waals surface area (Å²) in [4.78, 5) is 25.2. The summed E-state index contributed by atoms with van der Waals surface area (Å²) in [5, 5.41) is 24.2. The predicted molar refractivity (Wildman–Crippen MR) is 122 cm³/mol. The van der Waals surface area contributed by atoms with Crippen molar-refractivity contribution in [3.05, 3.63) is 47.2 Å². The topological polar surface area (TPSA) is 117 Å². The van der Waals surface area contributed by atoms with Crippen molar-refractivity contribution in [1.29, 1.82) is 0 Å². The Hall–Kier alpha value is -3.04. The Morgan fingerprint density at radius 1 is 1.28 bits per heavy atom. The molecule has 0 bridgehead atoms. The third-order valence-electron chi connectivity index (χ3n) is 5.76. The van der Waals surface area contributed by atoms with E-state index >= 15 is 0 Å². The highest BCUT2D eigenvalue weighted by Crippen LogP contribution is 2.37. The van der Waals surface area contributed by atoms with Crippen LogP contribution in [0.1, 0.15) is 36.3 Å². The molecule has 0 atom stereocenters. The third-order valence-corrected chi connectivity index (χ3v) is 6.80. The average Bonchev–Trinajstić information content (AvgIpc) is 3.21. The Morgan fingerprint density at radius 3 is 2.78 bits per heavy atom. The lowest BCUT2D eigenvalue weighted by Gasteiger charge is -2.34. The first kappa shape index (κ1) is 22.2. The number of ether oxygens (including phenoxy) is 1. The molecule has 8 nitrogen and oxygen atoms in total. The number of anilines is 2. The smallest absolute Gasteiger partial charge is 0.306 e. The first-order valence-corrected chi connectivity index (χ1v) is 11.3. The third kappa shape index (κ3) is 5.23. The van der Waals surface area contributed by atoms with Gasteiger partial charge >= 0.3 is 5.97 Å². The number of carboxylic acids is 1. The van der Waals surface area contributed by atoms with E-state index in [1.165, 1.54) is 0 Å². The van der Waals surface area contributed by atoms with Crippen molar-refractivity contribution in [2.24, 2.45) is 5.92 Å². The van der Waals surface area contributed by atoms with Gasteiger partial charge in [0.1, 0.15) is 0 Å². The maximum absolute atomic E-state index is 11.2. The van der Waals surface area contributed by atoms with Crippen LogP contribution in [0, 0.1) is 12.8 Å². The molecule has 2 heterocycles. The van der Waals surface area contributed by atoms with Crippen molar-refractivity contribution >= 4 is 28.9 Å². The fourth-order valence-electron chi connectivity index (χ4n) is 4.03. The number of carbonyl (C=O) groups is 1. The minimum Gasteiger partial charge on any atom is -0.481 e. The monoisotopic (exact) mass is 454 g/mol. The molecule has 0 amide bonds. The zero-order valence-electron chi connectivity index (χ0n) is 18.0. The van der Waals surface area contributed by atoms with Gasteiger partial charge in [0.25, 0.3) is 0 Å². The van der Waals surface area contributed by atoms with Crippen LogP contribution in [0.2, 0.25) is 0 Å². The molecule has 0 aliphatic heterocycles. The number of hydrogen-bond acceptors (Lipinski definition) is 8. The molecule has 0 spiro atoms. The fourth-order valence-corrected chi connectivity index (χ4v) is 5.07. The van der Waals surface area contributed by atoms with E-state index in [1.807, 2.05) is 25.3 Å². The molecule has 1 aliphatic rings. The van der Waals surface area contributed by atoms with Crippen molar-refractivity contribution in [2.45, 2.75) is 44.6 Å². The van der Waals surface area contributed by atoms with Crippen LogP contribution in [0.3, 0.4) is 0 Å². The van der Waals surface area contributed by atoms with Crippen molar-refractivity contribution in [1.82, 2.24) is 15.0 Å². The molecule has 0 saturated heterocycles. The van der Waals surface area contributed by atoms with Crippen molar-refractivity contribution < 1.29 is 19.7 Å². The number of aromatic nitrogens is 3. The number of aliphatic carboxylic acids is 1. The number of aliphatic hydroxyl groups is 1. The molecule has 1 aliphatic carbocycles. The Balaban J connectivity index is 1.48. The van der Waals surface area contributed by atoms with Gasteiger partial charge in [-0.05, 0) is 55.9 Å². The van der Waals surface area contributed by atoms with Gasteiger partial charge in [0, 0.05) is 30.6 Å². The van der Waals surface area contributed by atoms with Crippen LogP contribution in [0.15, 0.2) is 36.7 Å². The van der Waals surface area contributed by atoms with Crippen LogP contribution >= 0.6 is 11.3 Å². The zero-order chi connectivity index (χ0) is 22.7. The highest BCUT2D eigenvalue weighted by molar-refractivity contribution is 7.15. The minimum absolute atomic E-state index is 0.353. The minimum atomic E-state index is -0.885. The molecule has 2 aromatic heterocycles. The van der Waals surface area contributed by atoms with Crippen LogP contribution in [0.5, 0.6) is 5.88 Å². The summed E-state index contributed by atoms with van der Waals surface area (Å²) in [5.41, 5.74) is 2.06. The van der Waals surface area contributed by atoms with E-state index in [0.717, 1.165) is 26.7 Å². The van der Waals surface area contributed by atoms with Crippen LogP contribution in [-0.4, -0.2) is 43.8 Å². The van der Waals surface area contributed by atoms with Gasteiger partial charge < -0.3 is 20.3 Å². The highest BCUT2D eigenvalue weighted by Gasteiger charge is 2.36. The largest absolute Gasteiger partial charge is 0.481 e. The number of benzene rings is 1. The fraction of sp³-hybridized carbons (Fsp3) is 0.391. The van der Waals surface area contributed by atoms with E-state index < -0.39 is 11.6 Å². The lowest BCUT2D eigenvalue weighted by molar-refractivity contribution is -0.144. The summed E-state index contributed by atoms with van der Waals surface area (Å²) < 4.78 is 5.15. The van der Waals surface area contributed by atoms with Gasteiger partial charge in [-0.1, -0.05) is 6.07 Å². The summed E-state index contributed by atoms with van der Waals surface area (Å²) in [7, 11) is 1.56. The predicted octanol–water partition coefficient (Wildman–Crippen LogP) is 4.21. The van der Waals surface area contributed by atoms with E-state index in [2.05, 4.69) is 26.3 Å². The van der Waals surface area contributed by atoms with Gasteiger partial charge in [-0.25, -0.2) is 9.97 Å². The maximum Gasteiger partial charge on any atom is 0.306 e. The molecule has 9 heteroatoms. The number of aryl methyl sites for hydroxylation is 1. The molecule has 1 saturated carbocycles. The van der Waals surface area contributed by atoms with Gasteiger partial charge in [-0.2, -0.15) is 4.98 Å². The summed E-state index contributed by atoms with van der Waals surface area (Å²) in [6, 6.07) is 7.80. The number of methoxy groups -OCH3 is 1. The van der Waals surface area contributed by atoms with Crippen LogP contribution < -0.4 is 10.1 Å². The second kappa shape index (κ2) is 9.22. The van der Waals surface area contributed by atoms with E-state index in [4.69, 9.17) is 4.74 Å². The maximum atomic E-state index is 11.2. The molecular weight excluding hydrogens is 428 g/mol. The normalized spacial score (nSPS) is 20.7. The SMILES string of the molecule is COc1ccnc(Nc2cc(C)cc(-c3cnc(CC4(O)CCC(C(=O)O)CC4)s3)c2)n1. The molecule has 0 unspecified atom stereocenters.